The number of hydrogen-bond acceptors (Lipinski definition) is 4. The van der Waals surface area contributed by atoms with Crippen LogP contribution in [-0.4, -0.2) is 16.5 Å². The first kappa shape index (κ1) is 14.1. The molecule has 2 aromatic carbocycles. The Kier molecular flexibility index (Phi) is 3.33. The van der Waals surface area contributed by atoms with E-state index in [0.717, 1.165) is 6.42 Å². The second-order valence-corrected chi connectivity index (χ2v) is 5.21. The van der Waals surface area contributed by atoms with Crippen LogP contribution in [0.3, 0.4) is 0 Å². The maximum absolute atomic E-state index is 12.7. The van der Waals surface area contributed by atoms with Gasteiger partial charge in [0, 0.05) is 22.3 Å². The number of carbonyl (C=O) groups excluding carboxylic acids is 2. The Bertz CT molecular complexity index is 823. The highest BCUT2D eigenvalue weighted by Gasteiger charge is 2.36. The highest BCUT2D eigenvalue weighted by Crippen LogP contribution is 2.35. The lowest BCUT2D eigenvalue weighted by Gasteiger charge is -2.18. The summed E-state index contributed by atoms with van der Waals surface area (Å²) in [5.41, 5.74) is 0.850. The number of fused-ring (bicyclic) bond motifs is 2. The number of aryl methyl sites for hydroxylation is 1. The van der Waals surface area contributed by atoms with Gasteiger partial charge in [-0.25, -0.2) is 0 Å². The summed E-state index contributed by atoms with van der Waals surface area (Å²) in [4.78, 5) is 36.1. The largest absolute Gasteiger partial charge is 0.289 e. The van der Waals surface area contributed by atoms with Gasteiger partial charge >= 0.3 is 0 Å². The maximum Gasteiger partial charge on any atom is 0.284 e. The highest BCUT2D eigenvalue weighted by atomic mass is 16.6. The molecule has 1 aliphatic rings. The van der Waals surface area contributed by atoms with Gasteiger partial charge in [-0.05, 0) is 12.5 Å². The molecule has 0 saturated heterocycles. The molecule has 0 bridgehead atoms. The van der Waals surface area contributed by atoms with E-state index in [0.29, 0.717) is 17.5 Å². The summed E-state index contributed by atoms with van der Waals surface area (Å²) in [6, 6.07) is 9.55. The van der Waals surface area contributed by atoms with Crippen molar-refractivity contribution < 1.29 is 14.5 Å². The molecule has 0 heterocycles. The molecule has 3 rings (SSSR count). The summed E-state index contributed by atoms with van der Waals surface area (Å²) in [6.07, 6.45) is 1.21. The average molecular weight is 295 g/mol. The normalized spacial score (nSPS) is 12.8. The fourth-order valence-electron chi connectivity index (χ4n) is 2.89. The van der Waals surface area contributed by atoms with E-state index in [9.17, 15) is 19.7 Å². The number of hydrogen-bond donors (Lipinski definition) is 0. The fraction of sp³-hybridized carbons (Fsp3) is 0.176. The number of nitro groups is 1. The Morgan fingerprint density at radius 3 is 2.18 bits per heavy atom. The second-order valence-electron chi connectivity index (χ2n) is 5.21. The van der Waals surface area contributed by atoms with Gasteiger partial charge in [-0.3, -0.25) is 19.7 Å². The van der Waals surface area contributed by atoms with Gasteiger partial charge in [-0.2, -0.15) is 0 Å². The molecule has 0 unspecified atom stereocenters. The lowest BCUT2D eigenvalue weighted by molar-refractivity contribution is -0.385. The van der Waals surface area contributed by atoms with E-state index in [1.165, 1.54) is 12.1 Å². The summed E-state index contributed by atoms with van der Waals surface area (Å²) < 4.78 is 0. The zero-order chi connectivity index (χ0) is 15.9. The Hall–Kier alpha value is -2.82. The highest BCUT2D eigenvalue weighted by molar-refractivity contribution is 6.29. The van der Waals surface area contributed by atoms with Crippen LogP contribution in [0.4, 0.5) is 5.69 Å². The summed E-state index contributed by atoms with van der Waals surface area (Å²) in [7, 11) is 0. The van der Waals surface area contributed by atoms with Gasteiger partial charge in [0.1, 0.15) is 5.56 Å². The van der Waals surface area contributed by atoms with Crippen LogP contribution >= 0.6 is 0 Å². The van der Waals surface area contributed by atoms with E-state index in [4.69, 9.17) is 0 Å². The minimum atomic E-state index is -0.553. The summed E-state index contributed by atoms with van der Waals surface area (Å²) in [6.45, 7) is 1.91. The smallest absolute Gasteiger partial charge is 0.284 e. The van der Waals surface area contributed by atoms with E-state index < -0.39 is 10.7 Å². The number of ketones is 2. The lowest BCUT2D eigenvalue weighted by Crippen LogP contribution is -2.22. The van der Waals surface area contributed by atoms with Crippen molar-refractivity contribution in [1.82, 2.24) is 0 Å². The average Bonchev–Trinajstić information content (AvgIpc) is 2.52. The van der Waals surface area contributed by atoms with Crippen molar-refractivity contribution in [2.75, 3.05) is 0 Å². The monoisotopic (exact) mass is 295 g/mol. The quantitative estimate of drug-likeness (QED) is 0.548. The van der Waals surface area contributed by atoms with Crippen LogP contribution < -0.4 is 0 Å². The summed E-state index contributed by atoms with van der Waals surface area (Å²) in [5.74, 6) is -0.786. The van der Waals surface area contributed by atoms with E-state index in [2.05, 4.69) is 0 Å². The van der Waals surface area contributed by atoms with Crippen LogP contribution in [0.15, 0.2) is 36.4 Å². The van der Waals surface area contributed by atoms with E-state index in [-0.39, 0.29) is 28.2 Å². The number of carbonyl (C=O) groups is 2. The van der Waals surface area contributed by atoms with Crippen molar-refractivity contribution >= 4 is 17.3 Å². The third-order valence-electron chi connectivity index (χ3n) is 3.85. The van der Waals surface area contributed by atoms with E-state index in [1.807, 2.05) is 6.92 Å². The zero-order valence-electron chi connectivity index (χ0n) is 12.0. The van der Waals surface area contributed by atoms with Crippen LogP contribution in [0.25, 0.3) is 0 Å². The predicted molar refractivity (Wildman–Crippen MR) is 80.4 cm³/mol. The van der Waals surface area contributed by atoms with Gasteiger partial charge in [0.15, 0.2) is 5.78 Å². The fourth-order valence-corrected chi connectivity index (χ4v) is 2.89. The van der Waals surface area contributed by atoms with E-state index in [1.54, 1.807) is 24.3 Å². The van der Waals surface area contributed by atoms with Crippen molar-refractivity contribution in [3.8, 4) is 0 Å². The molecular weight excluding hydrogens is 282 g/mol. The molecule has 0 saturated carbocycles. The first-order valence-corrected chi connectivity index (χ1v) is 7.05. The van der Waals surface area contributed by atoms with Crippen LogP contribution in [-0.2, 0) is 6.42 Å². The molecule has 0 amide bonds. The van der Waals surface area contributed by atoms with Crippen molar-refractivity contribution in [2.45, 2.75) is 19.8 Å². The molecule has 5 heteroatoms. The Balaban J connectivity index is 2.33. The van der Waals surface area contributed by atoms with Crippen LogP contribution in [0, 0.1) is 10.1 Å². The first-order chi connectivity index (χ1) is 10.6. The Labute approximate surface area is 126 Å². The van der Waals surface area contributed by atoms with Gasteiger partial charge in [-0.15, -0.1) is 0 Å². The third kappa shape index (κ3) is 1.94. The molecule has 5 nitrogen and oxygen atoms in total. The molecular formula is C17H13NO4. The van der Waals surface area contributed by atoms with Crippen LogP contribution in [0.5, 0.6) is 0 Å². The molecule has 0 aliphatic heterocycles. The van der Waals surface area contributed by atoms with Crippen molar-refractivity contribution in [3.05, 3.63) is 74.3 Å². The van der Waals surface area contributed by atoms with Gasteiger partial charge in [0.05, 0.1) is 4.92 Å². The number of nitro benzene ring substituents is 1. The SMILES string of the molecule is CCCc1ccc2c(c1[N+](=O)[O-])C(=O)c1ccccc1C2=O. The number of rotatable bonds is 3. The predicted octanol–water partition coefficient (Wildman–Crippen LogP) is 3.32. The second kappa shape index (κ2) is 5.18. The van der Waals surface area contributed by atoms with Gasteiger partial charge in [0.2, 0.25) is 5.78 Å². The Morgan fingerprint density at radius 2 is 1.59 bits per heavy atom. The lowest BCUT2D eigenvalue weighted by atomic mass is 9.82. The van der Waals surface area contributed by atoms with Crippen molar-refractivity contribution in [1.29, 1.82) is 0 Å². The minimum absolute atomic E-state index is 0.0698. The number of nitrogens with zero attached hydrogens (tertiary/aromatic N) is 1. The standard InChI is InChI=1S/C17H13NO4/c1-2-5-10-8-9-13-14(15(10)18(21)22)17(20)12-7-4-3-6-11(12)16(13)19/h3-4,6-9H,2,5H2,1H3. The molecule has 0 atom stereocenters. The van der Waals surface area contributed by atoms with Crippen molar-refractivity contribution in [2.24, 2.45) is 0 Å². The molecule has 0 N–H and O–H groups in total. The van der Waals surface area contributed by atoms with Crippen molar-refractivity contribution in [3.63, 3.8) is 0 Å². The summed E-state index contributed by atoms with van der Waals surface area (Å²) >= 11 is 0. The van der Waals surface area contributed by atoms with Gasteiger partial charge in [-0.1, -0.05) is 43.7 Å². The first-order valence-electron chi connectivity index (χ1n) is 7.05. The molecule has 110 valence electrons. The van der Waals surface area contributed by atoms with Crippen LogP contribution in [0.2, 0.25) is 0 Å². The molecule has 0 aromatic heterocycles. The molecule has 0 radical (unpaired) electrons. The molecule has 0 spiro atoms. The minimum Gasteiger partial charge on any atom is -0.289 e. The summed E-state index contributed by atoms with van der Waals surface area (Å²) in [5, 5.41) is 11.5. The van der Waals surface area contributed by atoms with Gasteiger partial charge in [0.25, 0.3) is 5.69 Å². The Morgan fingerprint density at radius 1 is 0.955 bits per heavy atom. The molecule has 1 aliphatic carbocycles. The molecule has 2 aromatic rings. The topological polar surface area (TPSA) is 77.3 Å². The maximum atomic E-state index is 12.7. The van der Waals surface area contributed by atoms with Crippen LogP contribution in [0.1, 0.15) is 50.8 Å². The molecule has 0 fully saturated rings. The number of benzene rings is 2. The van der Waals surface area contributed by atoms with Gasteiger partial charge < -0.3 is 0 Å². The van der Waals surface area contributed by atoms with E-state index >= 15 is 0 Å². The molecule has 22 heavy (non-hydrogen) atoms. The zero-order valence-corrected chi connectivity index (χ0v) is 12.0. The third-order valence-corrected chi connectivity index (χ3v) is 3.85.